The van der Waals surface area contributed by atoms with Crippen LogP contribution in [0.25, 0.3) is 0 Å². The molecule has 8 heteroatoms. The zero-order valence-electron chi connectivity index (χ0n) is 14.5. The molecule has 0 fully saturated rings. The Morgan fingerprint density at radius 3 is 2.52 bits per heavy atom. The van der Waals surface area contributed by atoms with Crippen LogP contribution in [0.15, 0.2) is 39.1 Å². The summed E-state index contributed by atoms with van der Waals surface area (Å²) in [5.41, 5.74) is 1.06. The van der Waals surface area contributed by atoms with Gasteiger partial charge < -0.3 is 20.1 Å². The van der Waals surface area contributed by atoms with Gasteiger partial charge in [-0.25, -0.2) is 0 Å². The number of benzene rings is 1. The number of hydrogen-bond donors (Lipinski definition) is 2. The van der Waals surface area contributed by atoms with E-state index < -0.39 is 0 Å². The Morgan fingerprint density at radius 1 is 1.20 bits per heavy atom. The number of hydrogen-bond acceptors (Lipinski definition) is 4. The molecular formula is C17H23BrIN3O2S. The molecule has 0 atom stereocenters. The number of thiophene rings is 1. The molecule has 5 nitrogen and oxygen atoms in total. The van der Waals surface area contributed by atoms with E-state index in [1.54, 1.807) is 32.6 Å². The van der Waals surface area contributed by atoms with Crippen LogP contribution in [-0.4, -0.2) is 33.8 Å². The predicted octanol–water partition coefficient (Wildman–Crippen LogP) is 4.05. The smallest absolute Gasteiger partial charge is 0.191 e. The van der Waals surface area contributed by atoms with Crippen molar-refractivity contribution in [2.24, 2.45) is 4.99 Å². The van der Waals surface area contributed by atoms with Crippen molar-refractivity contribution < 1.29 is 9.47 Å². The number of ether oxygens (including phenoxy) is 2. The highest BCUT2D eigenvalue weighted by atomic mass is 127. The zero-order chi connectivity index (χ0) is 17.4. The van der Waals surface area contributed by atoms with Crippen LogP contribution in [0.4, 0.5) is 0 Å². The molecule has 0 radical (unpaired) electrons. The first-order valence-corrected chi connectivity index (χ1v) is 9.22. The molecule has 2 N–H and O–H groups in total. The highest BCUT2D eigenvalue weighted by Gasteiger charge is 2.10. The van der Waals surface area contributed by atoms with E-state index in [-0.39, 0.29) is 24.0 Å². The summed E-state index contributed by atoms with van der Waals surface area (Å²) in [5, 5.41) is 8.73. The van der Waals surface area contributed by atoms with Crippen molar-refractivity contribution >= 4 is 57.2 Å². The Bertz CT molecular complexity index is 681. The fourth-order valence-electron chi connectivity index (χ4n) is 2.19. The predicted molar refractivity (Wildman–Crippen MR) is 119 cm³/mol. The second-order valence-corrected chi connectivity index (χ2v) is 6.87. The maximum atomic E-state index is 5.35. The molecule has 0 bridgehead atoms. The minimum absolute atomic E-state index is 0. The van der Waals surface area contributed by atoms with Gasteiger partial charge in [0.15, 0.2) is 17.5 Å². The molecular weight excluding hydrogens is 517 g/mol. The van der Waals surface area contributed by atoms with E-state index >= 15 is 0 Å². The van der Waals surface area contributed by atoms with Crippen molar-refractivity contribution in [3.63, 3.8) is 0 Å². The summed E-state index contributed by atoms with van der Waals surface area (Å²) in [7, 11) is 5.03. The molecule has 1 heterocycles. The maximum Gasteiger partial charge on any atom is 0.191 e. The molecule has 0 spiro atoms. The van der Waals surface area contributed by atoms with Gasteiger partial charge in [-0.05, 0) is 35.6 Å². The van der Waals surface area contributed by atoms with Crippen LogP contribution >= 0.6 is 51.2 Å². The fourth-order valence-corrected chi connectivity index (χ4v) is 3.36. The van der Waals surface area contributed by atoms with E-state index in [2.05, 4.69) is 49.1 Å². The standard InChI is InChI=1S/C17H22BrN3O2S.HI/c1-19-17(20-7-6-13-5-4-8-24-13)21-11-12-9-15(22-2)16(23-3)10-14(12)18;/h4-5,8-10H,6-7,11H2,1-3H3,(H2,19,20,21);1H. The van der Waals surface area contributed by atoms with E-state index in [0.717, 1.165) is 29.0 Å². The number of halogens is 2. The number of nitrogens with zero attached hydrogens (tertiary/aromatic N) is 1. The number of rotatable bonds is 7. The van der Waals surface area contributed by atoms with Crippen LogP contribution in [0.2, 0.25) is 0 Å². The summed E-state index contributed by atoms with van der Waals surface area (Å²) in [6.07, 6.45) is 0.985. The average molecular weight is 540 g/mol. The van der Waals surface area contributed by atoms with Crippen molar-refractivity contribution in [2.75, 3.05) is 27.8 Å². The number of methoxy groups -OCH3 is 2. The van der Waals surface area contributed by atoms with Gasteiger partial charge in [0.2, 0.25) is 0 Å². The summed E-state index contributed by atoms with van der Waals surface area (Å²) >= 11 is 5.34. The van der Waals surface area contributed by atoms with E-state index in [4.69, 9.17) is 9.47 Å². The monoisotopic (exact) mass is 539 g/mol. The van der Waals surface area contributed by atoms with Gasteiger partial charge in [0.05, 0.1) is 14.2 Å². The minimum Gasteiger partial charge on any atom is -0.493 e. The third kappa shape index (κ3) is 6.67. The summed E-state index contributed by atoms with van der Waals surface area (Å²) < 4.78 is 11.6. The SMILES string of the molecule is CN=C(NCCc1cccs1)NCc1cc(OC)c(OC)cc1Br.I. The Balaban J connectivity index is 0.00000312. The largest absolute Gasteiger partial charge is 0.493 e. The molecule has 0 aliphatic carbocycles. The molecule has 1 aromatic heterocycles. The first-order valence-electron chi connectivity index (χ1n) is 7.55. The van der Waals surface area contributed by atoms with Crippen molar-refractivity contribution in [1.29, 1.82) is 0 Å². The Kier molecular flexibility index (Phi) is 10.2. The molecule has 1 aromatic carbocycles. The van der Waals surface area contributed by atoms with Crippen LogP contribution in [0, 0.1) is 0 Å². The van der Waals surface area contributed by atoms with Crippen LogP contribution < -0.4 is 20.1 Å². The van der Waals surface area contributed by atoms with Gasteiger partial charge in [0.1, 0.15) is 0 Å². The minimum atomic E-state index is 0. The van der Waals surface area contributed by atoms with Crippen molar-refractivity contribution in [2.45, 2.75) is 13.0 Å². The van der Waals surface area contributed by atoms with Gasteiger partial charge in [-0.1, -0.05) is 22.0 Å². The van der Waals surface area contributed by atoms with Gasteiger partial charge in [-0.2, -0.15) is 0 Å². The molecule has 0 aliphatic rings. The molecule has 138 valence electrons. The maximum absolute atomic E-state index is 5.35. The second kappa shape index (κ2) is 11.6. The average Bonchev–Trinajstić information content (AvgIpc) is 3.11. The van der Waals surface area contributed by atoms with Gasteiger partial charge in [-0.15, -0.1) is 35.3 Å². The Morgan fingerprint density at radius 2 is 1.92 bits per heavy atom. The third-order valence-corrected chi connectivity index (χ3v) is 5.14. The lowest BCUT2D eigenvalue weighted by molar-refractivity contribution is 0.354. The van der Waals surface area contributed by atoms with Crippen LogP contribution in [0.1, 0.15) is 10.4 Å². The van der Waals surface area contributed by atoms with Crippen molar-refractivity contribution in [3.8, 4) is 11.5 Å². The molecule has 0 amide bonds. The molecule has 2 aromatic rings. The molecule has 25 heavy (non-hydrogen) atoms. The van der Waals surface area contributed by atoms with Gasteiger partial charge in [0.25, 0.3) is 0 Å². The van der Waals surface area contributed by atoms with E-state index in [0.29, 0.717) is 18.0 Å². The van der Waals surface area contributed by atoms with Gasteiger partial charge in [0, 0.05) is 29.5 Å². The normalized spacial score (nSPS) is 10.8. The summed E-state index contributed by atoms with van der Waals surface area (Å²) in [4.78, 5) is 5.62. The topological polar surface area (TPSA) is 54.9 Å². The van der Waals surface area contributed by atoms with Crippen LogP contribution in [-0.2, 0) is 13.0 Å². The lowest BCUT2D eigenvalue weighted by Gasteiger charge is -2.15. The van der Waals surface area contributed by atoms with E-state index in [1.807, 2.05) is 12.1 Å². The van der Waals surface area contributed by atoms with Crippen LogP contribution in [0.3, 0.4) is 0 Å². The Labute approximate surface area is 178 Å². The zero-order valence-corrected chi connectivity index (χ0v) is 19.2. The molecule has 0 unspecified atom stereocenters. The van der Waals surface area contributed by atoms with Gasteiger partial charge in [-0.3, -0.25) is 4.99 Å². The Hall–Kier alpha value is -1.00. The lowest BCUT2D eigenvalue weighted by Crippen LogP contribution is -2.37. The van der Waals surface area contributed by atoms with Gasteiger partial charge >= 0.3 is 0 Å². The fraction of sp³-hybridized carbons (Fsp3) is 0.353. The molecule has 0 saturated carbocycles. The second-order valence-electron chi connectivity index (χ2n) is 4.98. The van der Waals surface area contributed by atoms with E-state index in [1.165, 1.54) is 4.88 Å². The third-order valence-electron chi connectivity index (χ3n) is 3.47. The highest BCUT2D eigenvalue weighted by molar-refractivity contribution is 14.0. The summed E-state index contributed by atoms with van der Waals surface area (Å²) in [5.74, 6) is 2.18. The summed E-state index contributed by atoms with van der Waals surface area (Å²) in [6.45, 7) is 1.47. The lowest BCUT2D eigenvalue weighted by atomic mass is 10.2. The molecule has 0 saturated heterocycles. The van der Waals surface area contributed by atoms with Crippen molar-refractivity contribution in [1.82, 2.24) is 10.6 Å². The number of nitrogens with one attached hydrogen (secondary N) is 2. The summed E-state index contributed by atoms with van der Waals surface area (Å²) in [6, 6.07) is 8.07. The molecule has 2 rings (SSSR count). The first kappa shape index (κ1) is 22.0. The van der Waals surface area contributed by atoms with E-state index in [9.17, 15) is 0 Å². The van der Waals surface area contributed by atoms with Crippen molar-refractivity contribution in [3.05, 3.63) is 44.6 Å². The highest BCUT2D eigenvalue weighted by Crippen LogP contribution is 2.33. The van der Waals surface area contributed by atoms with Crippen LogP contribution in [0.5, 0.6) is 11.5 Å². The molecule has 0 aliphatic heterocycles. The first-order chi connectivity index (χ1) is 11.7. The number of guanidine groups is 1. The number of aliphatic imine (C=N–C) groups is 1. The quantitative estimate of drug-likeness (QED) is 0.316.